The smallest absolute Gasteiger partial charge is 0.250 e. The summed E-state index contributed by atoms with van der Waals surface area (Å²) in [6.45, 7) is 0.928. The predicted molar refractivity (Wildman–Crippen MR) is 63.4 cm³/mol. The Morgan fingerprint density at radius 3 is 2.88 bits per heavy atom. The molecule has 2 N–H and O–H groups in total. The van der Waals surface area contributed by atoms with Crippen LogP contribution in [0.25, 0.3) is 0 Å². The minimum atomic E-state index is 0.168. The van der Waals surface area contributed by atoms with Gasteiger partial charge in [-0.15, -0.1) is 0 Å². The van der Waals surface area contributed by atoms with Gasteiger partial charge >= 0.3 is 0 Å². The van der Waals surface area contributed by atoms with E-state index in [0.717, 1.165) is 31.7 Å². The van der Waals surface area contributed by atoms with E-state index >= 15 is 0 Å². The molecule has 0 aliphatic heterocycles. The lowest BCUT2D eigenvalue weighted by Crippen LogP contribution is -2.33. The zero-order valence-corrected chi connectivity index (χ0v) is 9.48. The maximum Gasteiger partial charge on any atom is 0.250 e. The van der Waals surface area contributed by atoms with Crippen molar-refractivity contribution in [1.29, 1.82) is 0 Å². The molecule has 0 radical (unpaired) electrons. The van der Waals surface area contributed by atoms with E-state index in [1.165, 1.54) is 24.1 Å². The molecule has 0 amide bonds. The summed E-state index contributed by atoms with van der Waals surface area (Å²) in [4.78, 5) is 11.9. The average Bonchev–Trinajstić information content (AvgIpc) is 3.06. The van der Waals surface area contributed by atoms with E-state index in [1.54, 1.807) is 6.07 Å². The molecule has 1 aromatic rings. The largest absolute Gasteiger partial charge is 0.327 e. The third-order valence-electron chi connectivity index (χ3n) is 3.76. The first-order chi connectivity index (χ1) is 7.74. The number of fused-ring (bicyclic) bond motifs is 1. The highest BCUT2D eigenvalue weighted by atomic mass is 16.1. The minimum absolute atomic E-state index is 0.168. The average molecular weight is 218 g/mol. The Kier molecular flexibility index (Phi) is 2.36. The van der Waals surface area contributed by atoms with E-state index in [4.69, 9.17) is 5.73 Å². The van der Waals surface area contributed by atoms with Gasteiger partial charge in [-0.25, -0.2) is 0 Å². The lowest BCUT2D eigenvalue weighted by molar-refractivity contribution is 0.508. The van der Waals surface area contributed by atoms with Crippen LogP contribution in [0.4, 0.5) is 0 Å². The van der Waals surface area contributed by atoms with Gasteiger partial charge in [-0.1, -0.05) is 6.07 Å². The third kappa shape index (κ3) is 1.80. The second-order valence-corrected chi connectivity index (χ2v) is 5.20. The van der Waals surface area contributed by atoms with Crippen molar-refractivity contribution in [2.24, 2.45) is 11.7 Å². The van der Waals surface area contributed by atoms with E-state index in [-0.39, 0.29) is 11.6 Å². The van der Waals surface area contributed by atoms with Crippen molar-refractivity contribution in [3.63, 3.8) is 0 Å². The van der Waals surface area contributed by atoms with Crippen LogP contribution in [-0.4, -0.2) is 10.6 Å². The SMILES string of the molecule is N[C@H]1CCc2c(ccc(=O)n2CC2CC2)C1. The Morgan fingerprint density at radius 1 is 1.31 bits per heavy atom. The van der Waals surface area contributed by atoms with Gasteiger partial charge in [-0.3, -0.25) is 4.79 Å². The van der Waals surface area contributed by atoms with Crippen LogP contribution >= 0.6 is 0 Å². The number of aromatic nitrogens is 1. The molecule has 0 saturated heterocycles. The Hall–Kier alpha value is -1.09. The normalized spacial score (nSPS) is 24.2. The Morgan fingerprint density at radius 2 is 2.12 bits per heavy atom. The molecule has 3 nitrogen and oxygen atoms in total. The number of pyridine rings is 1. The van der Waals surface area contributed by atoms with Crippen LogP contribution in [0.1, 0.15) is 30.5 Å². The fraction of sp³-hybridized carbons (Fsp3) is 0.615. The zero-order valence-electron chi connectivity index (χ0n) is 9.48. The first-order valence-electron chi connectivity index (χ1n) is 6.21. The van der Waals surface area contributed by atoms with Gasteiger partial charge in [0, 0.05) is 24.3 Å². The maximum absolute atomic E-state index is 11.9. The number of nitrogens with two attached hydrogens (primary N) is 1. The number of hydrogen-bond donors (Lipinski definition) is 1. The molecule has 1 atom stereocenters. The second kappa shape index (κ2) is 3.74. The summed E-state index contributed by atoms with van der Waals surface area (Å²) in [5.74, 6) is 0.750. The summed E-state index contributed by atoms with van der Waals surface area (Å²) in [5.41, 5.74) is 8.67. The Labute approximate surface area is 95.3 Å². The molecule has 2 aliphatic rings. The summed E-state index contributed by atoms with van der Waals surface area (Å²) in [6, 6.07) is 3.96. The molecule has 1 fully saturated rings. The zero-order chi connectivity index (χ0) is 11.1. The summed E-state index contributed by atoms with van der Waals surface area (Å²) in [6.07, 6.45) is 5.49. The second-order valence-electron chi connectivity index (χ2n) is 5.20. The summed E-state index contributed by atoms with van der Waals surface area (Å²) < 4.78 is 2.00. The van der Waals surface area contributed by atoms with Crippen LogP contribution in [0.15, 0.2) is 16.9 Å². The van der Waals surface area contributed by atoms with E-state index in [9.17, 15) is 4.79 Å². The fourth-order valence-electron chi connectivity index (χ4n) is 2.61. The quantitative estimate of drug-likeness (QED) is 0.807. The lowest BCUT2D eigenvalue weighted by atomic mass is 9.92. The Balaban J connectivity index is 2.00. The molecule has 0 aromatic carbocycles. The van der Waals surface area contributed by atoms with Crippen molar-refractivity contribution >= 4 is 0 Å². The van der Waals surface area contributed by atoms with Gasteiger partial charge in [-0.05, 0) is 43.6 Å². The van der Waals surface area contributed by atoms with Crippen LogP contribution in [0.3, 0.4) is 0 Å². The highest BCUT2D eigenvalue weighted by molar-refractivity contribution is 5.25. The molecule has 2 aliphatic carbocycles. The lowest BCUT2D eigenvalue weighted by Gasteiger charge is -2.24. The van der Waals surface area contributed by atoms with Crippen molar-refractivity contribution in [3.05, 3.63) is 33.7 Å². The van der Waals surface area contributed by atoms with Crippen molar-refractivity contribution in [3.8, 4) is 0 Å². The topological polar surface area (TPSA) is 48.0 Å². The van der Waals surface area contributed by atoms with E-state index in [2.05, 4.69) is 0 Å². The molecule has 86 valence electrons. The molecule has 0 bridgehead atoms. The van der Waals surface area contributed by atoms with Crippen LogP contribution in [0.5, 0.6) is 0 Å². The molecular weight excluding hydrogens is 200 g/mol. The molecule has 1 saturated carbocycles. The predicted octanol–water partition coefficient (Wildman–Crippen LogP) is 1.07. The van der Waals surface area contributed by atoms with E-state index in [0.29, 0.717) is 0 Å². The van der Waals surface area contributed by atoms with Gasteiger partial charge in [0.15, 0.2) is 0 Å². The van der Waals surface area contributed by atoms with Crippen LogP contribution < -0.4 is 11.3 Å². The molecular formula is C13H18N2O. The molecule has 0 unspecified atom stereocenters. The molecule has 3 heteroatoms. The van der Waals surface area contributed by atoms with Crippen molar-refractivity contribution < 1.29 is 0 Å². The van der Waals surface area contributed by atoms with E-state index < -0.39 is 0 Å². The van der Waals surface area contributed by atoms with Gasteiger partial charge in [0.05, 0.1) is 0 Å². The number of hydrogen-bond acceptors (Lipinski definition) is 2. The molecule has 1 aromatic heterocycles. The van der Waals surface area contributed by atoms with Crippen LogP contribution in [0.2, 0.25) is 0 Å². The van der Waals surface area contributed by atoms with Gasteiger partial charge < -0.3 is 10.3 Å². The first kappa shape index (κ1) is 10.1. The summed E-state index contributed by atoms with van der Waals surface area (Å²) >= 11 is 0. The highest BCUT2D eigenvalue weighted by Crippen LogP contribution is 2.31. The van der Waals surface area contributed by atoms with Gasteiger partial charge in [0.2, 0.25) is 0 Å². The monoisotopic (exact) mass is 218 g/mol. The van der Waals surface area contributed by atoms with Gasteiger partial charge in [-0.2, -0.15) is 0 Å². The summed E-state index contributed by atoms with van der Waals surface area (Å²) in [7, 11) is 0. The van der Waals surface area contributed by atoms with Gasteiger partial charge in [0.1, 0.15) is 0 Å². The minimum Gasteiger partial charge on any atom is -0.327 e. The van der Waals surface area contributed by atoms with Crippen molar-refractivity contribution in [2.45, 2.75) is 44.7 Å². The third-order valence-corrected chi connectivity index (χ3v) is 3.76. The standard InChI is InChI=1S/C13H18N2O/c14-11-4-5-12-10(7-11)3-6-13(16)15(12)8-9-1-2-9/h3,6,9,11H,1-2,4-5,7-8,14H2/t11-/m0/s1. The fourth-order valence-corrected chi connectivity index (χ4v) is 2.61. The number of rotatable bonds is 2. The molecule has 0 spiro atoms. The maximum atomic E-state index is 11.9. The van der Waals surface area contributed by atoms with Crippen LogP contribution in [0, 0.1) is 5.92 Å². The summed E-state index contributed by atoms with van der Waals surface area (Å²) in [5, 5.41) is 0. The van der Waals surface area contributed by atoms with Gasteiger partial charge in [0.25, 0.3) is 5.56 Å². The van der Waals surface area contributed by atoms with Crippen molar-refractivity contribution in [1.82, 2.24) is 4.57 Å². The van der Waals surface area contributed by atoms with Crippen LogP contribution in [-0.2, 0) is 19.4 Å². The molecule has 16 heavy (non-hydrogen) atoms. The van der Waals surface area contributed by atoms with E-state index in [1.807, 2.05) is 10.6 Å². The molecule has 3 rings (SSSR count). The van der Waals surface area contributed by atoms with Crippen molar-refractivity contribution in [2.75, 3.05) is 0 Å². The number of nitrogens with zero attached hydrogens (tertiary/aromatic N) is 1. The Bertz CT molecular complexity index is 459. The molecule has 1 heterocycles. The highest BCUT2D eigenvalue weighted by Gasteiger charge is 2.25. The first-order valence-corrected chi connectivity index (χ1v) is 6.21.